The van der Waals surface area contributed by atoms with Gasteiger partial charge in [0.05, 0.1) is 5.02 Å². The van der Waals surface area contributed by atoms with E-state index < -0.39 is 31.4 Å². The van der Waals surface area contributed by atoms with Crippen LogP contribution >= 0.6 is 11.6 Å². The van der Waals surface area contributed by atoms with E-state index >= 15 is 4.39 Å². The van der Waals surface area contributed by atoms with Crippen molar-refractivity contribution in [2.45, 2.75) is 36.6 Å². The third-order valence-corrected chi connectivity index (χ3v) is 8.58. The maximum atomic E-state index is 15.4. The van der Waals surface area contributed by atoms with E-state index in [2.05, 4.69) is 20.3 Å². The van der Waals surface area contributed by atoms with E-state index in [-0.39, 0.29) is 11.4 Å². The summed E-state index contributed by atoms with van der Waals surface area (Å²) < 4.78 is 54.1. The monoisotopic (exact) mass is 479 g/mol. The molecule has 0 bridgehead atoms. The summed E-state index contributed by atoms with van der Waals surface area (Å²) in [5.41, 5.74) is 1.91. The number of hydrogen-bond acceptors (Lipinski definition) is 7. The molecule has 3 aromatic rings. The molecule has 1 aromatic carbocycles. The SMILES string of the molecule is CC1(c2cc(Nc3nccc4cc(Cl)cnc34)ccc2F)N=C(N)C(C)(C)S(=O)(=O)C1F. The number of aliphatic imine (C=N–C) groups is 1. The van der Waals surface area contributed by atoms with Crippen molar-refractivity contribution in [1.29, 1.82) is 0 Å². The molecule has 3 heterocycles. The predicted octanol–water partition coefficient (Wildman–Crippen LogP) is 4.24. The molecule has 3 N–H and O–H groups in total. The van der Waals surface area contributed by atoms with E-state index in [9.17, 15) is 12.8 Å². The zero-order valence-electron chi connectivity index (χ0n) is 17.4. The molecule has 0 radical (unpaired) electrons. The molecular weight excluding hydrogens is 460 g/mol. The fraction of sp³-hybridized carbons (Fsp3) is 0.286. The third kappa shape index (κ3) is 3.29. The molecule has 0 saturated heterocycles. The predicted molar refractivity (Wildman–Crippen MR) is 121 cm³/mol. The van der Waals surface area contributed by atoms with Gasteiger partial charge in [0, 0.05) is 29.0 Å². The summed E-state index contributed by atoms with van der Waals surface area (Å²) in [6, 6.07) is 7.26. The zero-order valence-corrected chi connectivity index (χ0v) is 19.0. The lowest BCUT2D eigenvalue weighted by Crippen LogP contribution is -2.58. The molecular formula is C21H20ClF2N5O2S. The number of pyridine rings is 2. The number of nitrogens with zero attached hydrogens (tertiary/aromatic N) is 3. The molecule has 4 rings (SSSR count). The van der Waals surface area contributed by atoms with Crippen LogP contribution in [-0.2, 0) is 15.4 Å². The van der Waals surface area contributed by atoms with Crippen LogP contribution in [0.5, 0.6) is 0 Å². The van der Waals surface area contributed by atoms with Gasteiger partial charge in [-0.25, -0.2) is 22.2 Å². The number of nitrogens with two attached hydrogens (primary N) is 1. The molecule has 32 heavy (non-hydrogen) atoms. The first-order valence-electron chi connectivity index (χ1n) is 9.58. The summed E-state index contributed by atoms with van der Waals surface area (Å²) in [6.07, 6.45) is 3.01. The van der Waals surface area contributed by atoms with E-state index in [0.29, 0.717) is 22.0 Å². The lowest BCUT2D eigenvalue weighted by atomic mass is 9.91. The van der Waals surface area contributed by atoms with Crippen molar-refractivity contribution < 1.29 is 17.2 Å². The molecule has 0 spiro atoms. The van der Waals surface area contributed by atoms with Crippen LogP contribution in [-0.4, -0.2) is 34.5 Å². The van der Waals surface area contributed by atoms with E-state index in [1.807, 2.05) is 0 Å². The van der Waals surface area contributed by atoms with Crippen LogP contribution in [0.25, 0.3) is 10.9 Å². The van der Waals surface area contributed by atoms with E-state index in [4.69, 9.17) is 17.3 Å². The number of benzene rings is 1. The van der Waals surface area contributed by atoms with Gasteiger partial charge < -0.3 is 11.1 Å². The second-order valence-electron chi connectivity index (χ2n) is 8.22. The Morgan fingerprint density at radius 2 is 1.88 bits per heavy atom. The Bertz CT molecular complexity index is 1380. The highest BCUT2D eigenvalue weighted by molar-refractivity contribution is 7.94. The lowest BCUT2D eigenvalue weighted by Gasteiger charge is -2.40. The van der Waals surface area contributed by atoms with Gasteiger partial charge in [-0.15, -0.1) is 0 Å². The largest absolute Gasteiger partial charge is 0.386 e. The molecule has 0 amide bonds. The number of nitrogens with one attached hydrogen (secondary N) is 1. The average molecular weight is 480 g/mol. The number of aromatic nitrogens is 2. The van der Waals surface area contributed by atoms with E-state index in [1.165, 1.54) is 39.1 Å². The molecule has 168 valence electrons. The normalized spacial score (nSPS) is 24.2. The summed E-state index contributed by atoms with van der Waals surface area (Å²) in [7, 11) is -4.41. The van der Waals surface area contributed by atoms with Gasteiger partial charge in [0.1, 0.15) is 27.5 Å². The highest BCUT2D eigenvalue weighted by atomic mass is 35.5. The minimum Gasteiger partial charge on any atom is -0.386 e. The van der Waals surface area contributed by atoms with Gasteiger partial charge in [0.25, 0.3) is 0 Å². The van der Waals surface area contributed by atoms with Gasteiger partial charge in [-0.1, -0.05) is 11.6 Å². The van der Waals surface area contributed by atoms with Crippen molar-refractivity contribution in [3.8, 4) is 0 Å². The first-order chi connectivity index (χ1) is 14.9. The fourth-order valence-corrected chi connectivity index (χ4v) is 5.38. The van der Waals surface area contributed by atoms with Gasteiger partial charge in [-0.05, 0) is 51.1 Å². The van der Waals surface area contributed by atoms with Crippen molar-refractivity contribution in [2.24, 2.45) is 10.7 Å². The highest BCUT2D eigenvalue weighted by Crippen LogP contribution is 2.44. The van der Waals surface area contributed by atoms with Crippen molar-refractivity contribution in [3.05, 3.63) is 59.1 Å². The summed E-state index contributed by atoms with van der Waals surface area (Å²) in [6.45, 7) is 3.75. The summed E-state index contributed by atoms with van der Waals surface area (Å²) in [5.74, 6) is -0.745. The number of alkyl halides is 1. The van der Waals surface area contributed by atoms with Gasteiger partial charge in [0.15, 0.2) is 15.7 Å². The Morgan fingerprint density at radius 3 is 2.59 bits per heavy atom. The average Bonchev–Trinajstić information content (AvgIpc) is 2.73. The Balaban J connectivity index is 1.82. The van der Waals surface area contributed by atoms with Gasteiger partial charge in [-0.3, -0.25) is 9.98 Å². The Labute approximate surface area is 188 Å². The molecule has 0 fully saturated rings. The Kier molecular flexibility index (Phi) is 5.13. The van der Waals surface area contributed by atoms with Crippen LogP contribution < -0.4 is 11.1 Å². The van der Waals surface area contributed by atoms with Crippen molar-refractivity contribution in [3.63, 3.8) is 0 Å². The van der Waals surface area contributed by atoms with Crippen LogP contribution in [0.2, 0.25) is 5.02 Å². The molecule has 1 aliphatic heterocycles. The molecule has 0 saturated carbocycles. The number of amidine groups is 1. The lowest BCUT2D eigenvalue weighted by molar-refractivity contribution is 0.267. The number of anilines is 2. The number of rotatable bonds is 3. The molecule has 2 atom stereocenters. The summed E-state index contributed by atoms with van der Waals surface area (Å²) in [5, 5.41) is 4.20. The van der Waals surface area contributed by atoms with Gasteiger partial charge in [-0.2, -0.15) is 0 Å². The van der Waals surface area contributed by atoms with E-state index in [0.717, 1.165) is 11.5 Å². The van der Waals surface area contributed by atoms with Crippen LogP contribution in [0, 0.1) is 5.82 Å². The second kappa shape index (κ2) is 7.35. The first-order valence-corrected chi connectivity index (χ1v) is 11.5. The fourth-order valence-electron chi connectivity index (χ4n) is 3.58. The third-order valence-electron chi connectivity index (χ3n) is 5.74. The van der Waals surface area contributed by atoms with Crippen molar-refractivity contribution >= 4 is 49.7 Å². The minimum atomic E-state index is -4.41. The number of fused-ring (bicyclic) bond motifs is 1. The molecule has 2 unspecified atom stereocenters. The number of hydrogen-bond donors (Lipinski definition) is 2. The molecule has 1 aliphatic rings. The van der Waals surface area contributed by atoms with Crippen LogP contribution in [0.3, 0.4) is 0 Å². The molecule has 7 nitrogen and oxygen atoms in total. The van der Waals surface area contributed by atoms with Gasteiger partial charge in [0.2, 0.25) is 5.50 Å². The maximum absolute atomic E-state index is 15.4. The summed E-state index contributed by atoms with van der Waals surface area (Å²) >= 11 is 5.99. The second-order valence-corrected chi connectivity index (χ2v) is 11.2. The first kappa shape index (κ1) is 22.3. The van der Waals surface area contributed by atoms with Crippen LogP contribution in [0.15, 0.2) is 47.7 Å². The maximum Gasteiger partial charge on any atom is 0.230 e. The molecule has 0 aliphatic carbocycles. The van der Waals surface area contributed by atoms with Crippen LogP contribution in [0.4, 0.5) is 20.3 Å². The highest BCUT2D eigenvalue weighted by Gasteiger charge is 2.58. The zero-order chi connectivity index (χ0) is 23.5. The van der Waals surface area contributed by atoms with Crippen molar-refractivity contribution in [1.82, 2.24) is 9.97 Å². The molecule has 2 aromatic heterocycles. The Morgan fingerprint density at radius 1 is 1.16 bits per heavy atom. The number of halogens is 3. The minimum absolute atomic E-state index is 0.256. The van der Waals surface area contributed by atoms with E-state index in [1.54, 1.807) is 18.3 Å². The topological polar surface area (TPSA) is 110 Å². The standard InChI is InChI=1S/C21H20ClF2N5O2S/c1-20(2)19(25)29-21(3,18(24)32(20,30)31)14-9-13(4-5-15(14)23)28-17-16-11(6-7-26-17)8-12(22)10-27-16/h4-10,18H,1-3H3,(H2,25,29)(H,26,28). The quantitative estimate of drug-likeness (QED) is 0.581. The van der Waals surface area contributed by atoms with Crippen molar-refractivity contribution in [2.75, 3.05) is 5.32 Å². The molecule has 11 heteroatoms. The number of sulfone groups is 1. The smallest absolute Gasteiger partial charge is 0.230 e. The van der Waals surface area contributed by atoms with Crippen LogP contribution in [0.1, 0.15) is 26.3 Å². The Hall–Kier alpha value is -2.85. The van der Waals surface area contributed by atoms with Gasteiger partial charge >= 0.3 is 0 Å². The summed E-state index contributed by atoms with van der Waals surface area (Å²) in [4.78, 5) is 12.6.